The first-order valence-electron chi connectivity index (χ1n) is 11.9. The van der Waals surface area contributed by atoms with Crippen LogP contribution in [0.4, 0.5) is 5.69 Å². The summed E-state index contributed by atoms with van der Waals surface area (Å²) in [4.78, 5) is 40.3. The molecule has 0 saturated carbocycles. The smallest absolute Gasteiger partial charge is 0.264 e. The maximum absolute atomic E-state index is 13.3. The number of anilines is 1. The lowest BCUT2D eigenvalue weighted by molar-refractivity contribution is -0.132. The molecule has 37 heavy (non-hydrogen) atoms. The minimum Gasteiger partial charge on any atom is -0.493 e. The minimum absolute atomic E-state index is 0.299. The molecule has 1 aliphatic heterocycles. The van der Waals surface area contributed by atoms with Gasteiger partial charge in [0.1, 0.15) is 6.04 Å². The SMILES string of the molecule is COc1ccccc1OCC(=O)NC(C)C(=O)NC1NC(c2ccccc2)c2ccccc2N(C)C1=O. The van der Waals surface area contributed by atoms with Gasteiger partial charge in [-0.25, -0.2) is 0 Å². The summed E-state index contributed by atoms with van der Waals surface area (Å²) in [5, 5.41) is 8.66. The van der Waals surface area contributed by atoms with Crippen molar-refractivity contribution >= 4 is 23.4 Å². The molecule has 0 radical (unpaired) electrons. The van der Waals surface area contributed by atoms with E-state index >= 15 is 0 Å². The number of hydrogen-bond acceptors (Lipinski definition) is 6. The fraction of sp³-hybridized carbons (Fsp3) is 0.250. The van der Waals surface area contributed by atoms with Gasteiger partial charge in [-0.3, -0.25) is 19.7 Å². The van der Waals surface area contributed by atoms with E-state index in [0.29, 0.717) is 11.5 Å². The maximum Gasteiger partial charge on any atom is 0.264 e. The first-order chi connectivity index (χ1) is 17.9. The molecule has 0 aromatic heterocycles. The van der Waals surface area contributed by atoms with E-state index in [1.165, 1.54) is 12.0 Å². The Hall–Kier alpha value is -4.37. The summed E-state index contributed by atoms with van der Waals surface area (Å²) in [5.74, 6) is -0.405. The maximum atomic E-state index is 13.3. The van der Waals surface area contributed by atoms with Crippen LogP contribution in [0.3, 0.4) is 0 Å². The second-order valence-electron chi connectivity index (χ2n) is 8.64. The Balaban J connectivity index is 1.44. The van der Waals surface area contributed by atoms with Crippen LogP contribution in [0, 0.1) is 0 Å². The summed E-state index contributed by atoms with van der Waals surface area (Å²) in [5.41, 5.74) is 2.61. The van der Waals surface area contributed by atoms with Crippen LogP contribution < -0.4 is 30.3 Å². The quantitative estimate of drug-likeness (QED) is 0.437. The molecule has 9 heteroatoms. The molecule has 3 aromatic carbocycles. The van der Waals surface area contributed by atoms with E-state index in [1.807, 2.05) is 54.6 Å². The van der Waals surface area contributed by atoms with E-state index in [9.17, 15) is 14.4 Å². The third-order valence-electron chi connectivity index (χ3n) is 6.14. The predicted octanol–water partition coefficient (Wildman–Crippen LogP) is 2.38. The van der Waals surface area contributed by atoms with Crippen molar-refractivity contribution in [1.29, 1.82) is 0 Å². The predicted molar refractivity (Wildman–Crippen MR) is 139 cm³/mol. The van der Waals surface area contributed by atoms with Crippen molar-refractivity contribution < 1.29 is 23.9 Å². The van der Waals surface area contributed by atoms with Crippen LogP contribution in [-0.4, -0.2) is 50.7 Å². The Morgan fingerprint density at radius 2 is 1.62 bits per heavy atom. The molecule has 0 aliphatic carbocycles. The topological polar surface area (TPSA) is 109 Å². The number of nitrogens with zero attached hydrogens (tertiary/aromatic N) is 1. The highest BCUT2D eigenvalue weighted by molar-refractivity contribution is 6.01. The molecular weight excluding hydrogens is 472 g/mol. The third kappa shape index (κ3) is 5.90. The van der Waals surface area contributed by atoms with Crippen LogP contribution in [0.5, 0.6) is 11.5 Å². The highest BCUT2D eigenvalue weighted by Gasteiger charge is 2.35. The molecule has 1 aliphatic rings. The fourth-order valence-corrected chi connectivity index (χ4v) is 4.20. The Morgan fingerprint density at radius 1 is 0.973 bits per heavy atom. The number of ether oxygens (including phenoxy) is 2. The van der Waals surface area contributed by atoms with E-state index in [1.54, 1.807) is 38.2 Å². The van der Waals surface area contributed by atoms with Crippen molar-refractivity contribution in [2.75, 3.05) is 25.7 Å². The molecule has 9 nitrogen and oxygen atoms in total. The number of rotatable bonds is 8. The van der Waals surface area contributed by atoms with Crippen LogP contribution in [0.15, 0.2) is 78.9 Å². The zero-order valence-electron chi connectivity index (χ0n) is 20.9. The lowest BCUT2D eigenvalue weighted by Gasteiger charge is -2.25. The van der Waals surface area contributed by atoms with Gasteiger partial charge in [-0.05, 0) is 36.2 Å². The van der Waals surface area contributed by atoms with Crippen molar-refractivity contribution in [1.82, 2.24) is 16.0 Å². The normalized spacial score (nSPS) is 17.7. The number of amides is 3. The van der Waals surface area contributed by atoms with Crippen LogP contribution in [0.25, 0.3) is 0 Å². The Kier molecular flexibility index (Phi) is 8.05. The van der Waals surface area contributed by atoms with Crippen LogP contribution in [-0.2, 0) is 14.4 Å². The molecule has 3 amide bonds. The van der Waals surface area contributed by atoms with Crippen molar-refractivity contribution in [2.24, 2.45) is 0 Å². The summed E-state index contributed by atoms with van der Waals surface area (Å²) in [6.07, 6.45) is -1.01. The molecule has 0 fully saturated rings. The van der Waals surface area contributed by atoms with Gasteiger partial charge in [0.15, 0.2) is 24.3 Å². The molecule has 0 spiro atoms. The van der Waals surface area contributed by atoms with Gasteiger partial charge in [-0.15, -0.1) is 0 Å². The van der Waals surface area contributed by atoms with Gasteiger partial charge < -0.3 is 25.0 Å². The minimum atomic E-state index is -1.01. The molecule has 3 aromatic rings. The van der Waals surface area contributed by atoms with E-state index in [2.05, 4.69) is 16.0 Å². The zero-order chi connectivity index (χ0) is 26.4. The lowest BCUT2D eigenvalue weighted by atomic mass is 9.97. The van der Waals surface area contributed by atoms with Gasteiger partial charge in [-0.2, -0.15) is 0 Å². The molecule has 3 unspecified atom stereocenters. The van der Waals surface area contributed by atoms with Crippen molar-refractivity contribution in [2.45, 2.75) is 25.2 Å². The number of carbonyl (C=O) groups is 3. The van der Waals surface area contributed by atoms with Crippen molar-refractivity contribution in [3.63, 3.8) is 0 Å². The number of carbonyl (C=O) groups excluding carboxylic acids is 3. The van der Waals surface area contributed by atoms with E-state index in [4.69, 9.17) is 9.47 Å². The fourth-order valence-electron chi connectivity index (χ4n) is 4.20. The number of para-hydroxylation sites is 3. The standard InChI is InChI=1S/C28H30N4O5/c1-18(29-24(33)17-37-23-16-10-9-15-22(23)36-3)27(34)31-26-28(35)32(2)21-14-8-7-13-20(21)25(30-26)19-11-5-4-6-12-19/h4-16,18,25-26,30H,17H2,1-3H3,(H,29,33)(H,31,34). The summed E-state index contributed by atoms with van der Waals surface area (Å²) in [7, 11) is 3.19. The summed E-state index contributed by atoms with van der Waals surface area (Å²) in [6, 6.07) is 23.0. The Bertz CT molecular complexity index is 1270. The van der Waals surface area contributed by atoms with E-state index in [-0.39, 0.29) is 18.6 Å². The molecule has 192 valence electrons. The first kappa shape index (κ1) is 25.7. The van der Waals surface area contributed by atoms with Gasteiger partial charge in [0.05, 0.1) is 13.2 Å². The zero-order valence-corrected chi connectivity index (χ0v) is 20.9. The Morgan fingerprint density at radius 3 is 2.35 bits per heavy atom. The van der Waals surface area contributed by atoms with Gasteiger partial charge in [0, 0.05) is 12.7 Å². The van der Waals surface area contributed by atoms with Gasteiger partial charge >= 0.3 is 0 Å². The van der Waals surface area contributed by atoms with Gasteiger partial charge in [0.25, 0.3) is 11.8 Å². The van der Waals surface area contributed by atoms with Crippen molar-refractivity contribution in [3.05, 3.63) is 90.0 Å². The summed E-state index contributed by atoms with van der Waals surface area (Å²) in [6.45, 7) is 1.25. The van der Waals surface area contributed by atoms with Gasteiger partial charge in [0.2, 0.25) is 5.91 Å². The molecule has 0 saturated heterocycles. The summed E-state index contributed by atoms with van der Waals surface area (Å²) < 4.78 is 10.7. The van der Waals surface area contributed by atoms with E-state index in [0.717, 1.165) is 16.8 Å². The lowest BCUT2D eigenvalue weighted by Crippen LogP contribution is -2.58. The highest BCUT2D eigenvalue weighted by atomic mass is 16.5. The number of benzene rings is 3. The average molecular weight is 503 g/mol. The second kappa shape index (κ2) is 11.6. The monoisotopic (exact) mass is 502 g/mol. The van der Waals surface area contributed by atoms with Crippen LogP contribution in [0.1, 0.15) is 24.1 Å². The molecule has 4 rings (SSSR count). The molecule has 3 atom stereocenters. The van der Waals surface area contributed by atoms with Crippen LogP contribution in [0.2, 0.25) is 0 Å². The number of hydrogen-bond donors (Lipinski definition) is 3. The number of methoxy groups -OCH3 is 1. The first-order valence-corrected chi connectivity index (χ1v) is 11.9. The van der Waals surface area contributed by atoms with Gasteiger partial charge in [-0.1, -0.05) is 60.7 Å². The largest absolute Gasteiger partial charge is 0.493 e. The Labute approximate surface area is 215 Å². The average Bonchev–Trinajstić information content (AvgIpc) is 3.03. The molecule has 1 heterocycles. The number of likely N-dealkylation sites (N-methyl/N-ethyl adjacent to an activating group) is 1. The second-order valence-corrected chi connectivity index (χ2v) is 8.64. The van der Waals surface area contributed by atoms with Crippen LogP contribution >= 0.6 is 0 Å². The molecule has 3 N–H and O–H groups in total. The van der Waals surface area contributed by atoms with E-state index < -0.39 is 24.0 Å². The highest BCUT2D eigenvalue weighted by Crippen LogP contribution is 2.33. The number of nitrogens with one attached hydrogen (secondary N) is 3. The van der Waals surface area contributed by atoms with Crippen molar-refractivity contribution in [3.8, 4) is 11.5 Å². The number of fused-ring (bicyclic) bond motifs is 1. The third-order valence-corrected chi connectivity index (χ3v) is 6.14. The molecule has 0 bridgehead atoms. The molecular formula is C28H30N4O5. The summed E-state index contributed by atoms with van der Waals surface area (Å²) >= 11 is 0.